The summed E-state index contributed by atoms with van der Waals surface area (Å²) < 4.78 is 17.2. The quantitative estimate of drug-likeness (QED) is 0.152. The van der Waals surface area contributed by atoms with Crippen LogP contribution in [-0.2, 0) is 14.2 Å². The molecule has 0 radical (unpaired) electrons. The molecule has 5 nitrogen and oxygen atoms in total. The van der Waals surface area contributed by atoms with Gasteiger partial charge in [0.05, 0.1) is 31.0 Å². The average Bonchev–Trinajstić information content (AvgIpc) is 3.24. The van der Waals surface area contributed by atoms with Crippen molar-refractivity contribution < 1.29 is 24.4 Å². The first-order chi connectivity index (χ1) is 14.7. The third-order valence-electron chi connectivity index (χ3n) is 6.07. The Morgan fingerprint density at radius 1 is 0.900 bits per heavy atom. The monoisotopic (exact) mass is 428 g/mol. The highest BCUT2D eigenvalue weighted by Crippen LogP contribution is 2.29. The number of aliphatic hydroxyl groups excluding tert-OH is 2. The Hall–Kier alpha value is -0.460. The molecule has 0 aromatic heterocycles. The van der Waals surface area contributed by atoms with E-state index >= 15 is 0 Å². The van der Waals surface area contributed by atoms with Crippen molar-refractivity contribution >= 4 is 0 Å². The van der Waals surface area contributed by atoms with Crippen molar-refractivity contribution in [2.24, 2.45) is 0 Å². The Bertz CT molecular complexity index is 401. The van der Waals surface area contributed by atoms with E-state index in [4.69, 9.17) is 19.3 Å². The van der Waals surface area contributed by atoms with Gasteiger partial charge in [0.1, 0.15) is 6.79 Å². The van der Waals surface area contributed by atoms with Crippen LogP contribution in [0.3, 0.4) is 0 Å². The van der Waals surface area contributed by atoms with E-state index in [-0.39, 0.29) is 24.9 Å². The third-order valence-corrected chi connectivity index (χ3v) is 6.07. The maximum absolute atomic E-state index is 10.4. The highest BCUT2D eigenvalue weighted by atomic mass is 16.7. The second kappa shape index (κ2) is 19.2. The standard InChI is InChI=1S/C25H48O5/c1-3-4-5-6-7-8-9-10-11-14-17-24(29-21-28-2)25-19-18-23(30-25)22(27)16-13-12-15-20-26/h12,15,22-27H,3-11,13-14,16-21H2,1-2H3/b15-12+/t22-,23-,24?,25-/m1/s1. The smallest absolute Gasteiger partial charge is 0.146 e. The molecule has 1 saturated heterocycles. The molecule has 4 atom stereocenters. The number of rotatable bonds is 20. The molecule has 1 aliphatic rings. The molecule has 1 rings (SSSR count). The van der Waals surface area contributed by atoms with Crippen molar-refractivity contribution in [2.75, 3.05) is 20.5 Å². The summed E-state index contributed by atoms with van der Waals surface area (Å²) in [5.41, 5.74) is 0. The minimum Gasteiger partial charge on any atom is -0.392 e. The summed E-state index contributed by atoms with van der Waals surface area (Å²) in [6, 6.07) is 0. The minimum absolute atomic E-state index is 0.0467. The summed E-state index contributed by atoms with van der Waals surface area (Å²) in [6.07, 6.45) is 20.7. The van der Waals surface area contributed by atoms with E-state index in [0.29, 0.717) is 13.2 Å². The van der Waals surface area contributed by atoms with E-state index in [1.807, 2.05) is 6.08 Å². The summed E-state index contributed by atoms with van der Waals surface area (Å²) in [5, 5.41) is 19.2. The van der Waals surface area contributed by atoms with Crippen molar-refractivity contribution in [3.63, 3.8) is 0 Å². The molecule has 1 unspecified atom stereocenters. The zero-order valence-electron chi connectivity index (χ0n) is 19.6. The van der Waals surface area contributed by atoms with Crippen LogP contribution in [-0.4, -0.2) is 55.1 Å². The summed E-state index contributed by atoms with van der Waals surface area (Å²) in [5.74, 6) is 0. The summed E-state index contributed by atoms with van der Waals surface area (Å²) in [6.45, 7) is 2.61. The van der Waals surface area contributed by atoms with Gasteiger partial charge in [0.15, 0.2) is 0 Å². The van der Waals surface area contributed by atoms with Gasteiger partial charge in [-0.15, -0.1) is 0 Å². The highest BCUT2D eigenvalue weighted by Gasteiger charge is 2.35. The van der Waals surface area contributed by atoms with Gasteiger partial charge < -0.3 is 24.4 Å². The second-order valence-electron chi connectivity index (χ2n) is 8.67. The summed E-state index contributed by atoms with van der Waals surface area (Å²) in [7, 11) is 1.65. The topological polar surface area (TPSA) is 68.2 Å². The highest BCUT2D eigenvalue weighted by molar-refractivity contribution is 4.87. The number of allylic oxidation sites excluding steroid dienone is 1. The van der Waals surface area contributed by atoms with E-state index < -0.39 is 6.10 Å². The van der Waals surface area contributed by atoms with Crippen molar-refractivity contribution in [3.05, 3.63) is 12.2 Å². The first kappa shape index (κ1) is 27.6. The van der Waals surface area contributed by atoms with Crippen LogP contribution in [0.1, 0.15) is 103 Å². The number of hydrogen-bond acceptors (Lipinski definition) is 5. The van der Waals surface area contributed by atoms with Gasteiger partial charge in [0.2, 0.25) is 0 Å². The van der Waals surface area contributed by atoms with Gasteiger partial charge in [-0.3, -0.25) is 0 Å². The van der Waals surface area contributed by atoms with Gasteiger partial charge in [-0.1, -0.05) is 83.3 Å². The zero-order chi connectivity index (χ0) is 21.9. The van der Waals surface area contributed by atoms with Crippen LogP contribution in [0.2, 0.25) is 0 Å². The number of aliphatic hydroxyl groups is 2. The van der Waals surface area contributed by atoms with Crippen LogP contribution in [0.4, 0.5) is 0 Å². The molecule has 2 N–H and O–H groups in total. The van der Waals surface area contributed by atoms with Gasteiger partial charge >= 0.3 is 0 Å². The molecule has 0 aromatic carbocycles. The van der Waals surface area contributed by atoms with Crippen molar-refractivity contribution in [2.45, 2.75) is 128 Å². The van der Waals surface area contributed by atoms with Crippen LogP contribution < -0.4 is 0 Å². The molecule has 0 bridgehead atoms. The maximum atomic E-state index is 10.4. The van der Waals surface area contributed by atoms with Crippen LogP contribution in [0, 0.1) is 0 Å². The van der Waals surface area contributed by atoms with Crippen LogP contribution in [0.15, 0.2) is 12.2 Å². The lowest BCUT2D eigenvalue weighted by Crippen LogP contribution is -2.33. The second-order valence-corrected chi connectivity index (χ2v) is 8.67. The molecule has 1 aliphatic heterocycles. The molecular formula is C25H48O5. The van der Waals surface area contributed by atoms with Gasteiger partial charge in [0.25, 0.3) is 0 Å². The maximum Gasteiger partial charge on any atom is 0.146 e. The van der Waals surface area contributed by atoms with Gasteiger partial charge in [0, 0.05) is 7.11 Å². The lowest BCUT2D eigenvalue weighted by molar-refractivity contribution is -0.138. The molecule has 1 fully saturated rings. The van der Waals surface area contributed by atoms with E-state index in [0.717, 1.165) is 32.1 Å². The molecule has 0 aliphatic carbocycles. The first-order valence-corrected chi connectivity index (χ1v) is 12.4. The van der Waals surface area contributed by atoms with E-state index in [9.17, 15) is 5.11 Å². The fourth-order valence-electron chi connectivity index (χ4n) is 4.26. The predicted octanol–water partition coefficient (Wildman–Crippen LogP) is 5.52. The molecule has 1 heterocycles. The number of methoxy groups -OCH3 is 1. The average molecular weight is 429 g/mol. The Labute approximate surface area is 185 Å². The Morgan fingerprint density at radius 2 is 1.53 bits per heavy atom. The molecule has 0 aromatic rings. The van der Waals surface area contributed by atoms with Crippen molar-refractivity contribution in [1.82, 2.24) is 0 Å². The SMILES string of the molecule is CCCCCCCCCCCCC(OCOC)[C@H]1CC[C@H]([C@H](O)CC/C=C/CO)O1. The van der Waals surface area contributed by atoms with Gasteiger partial charge in [-0.2, -0.15) is 0 Å². The predicted molar refractivity (Wildman–Crippen MR) is 123 cm³/mol. The van der Waals surface area contributed by atoms with Crippen molar-refractivity contribution in [3.8, 4) is 0 Å². The van der Waals surface area contributed by atoms with Crippen LogP contribution in [0.5, 0.6) is 0 Å². The Kier molecular flexibility index (Phi) is 17.7. The Morgan fingerprint density at radius 3 is 2.17 bits per heavy atom. The number of unbranched alkanes of at least 4 members (excludes halogenated alkanes) is 9. The fraction of sp³-hybridized carbons (Fsp3) is 0.920. The largest absolute Gasteiger partial charge is 0.392 e. The first-order valence-electron chi connectivity index (χ1n) is 12.4. The minimum atomic E-state index is -0.459. The molecular weight excluding hydrogens is 380 g/mol. The van der Waals surface area contributed by atoms with E-state index in [1.165, 1.54) is 57.8 Å². The van der Waals surface area contributed by atoms with Crippen molar-refractivity contribution in [1.29, 1.82) is 0 Å². The lowest BCUT2D eigenvalue weighted by Gasteiger charge is -2.25. The van der Waals surface area contributed by atoms with Gasteiger partial charge in [-0.25, -0.2) is 0 Å². The normalized spacial score (nSPS) is 21.5. The van der Waals surface area contributed by atoms with Crippen LogP contribution in [0.25, 0.3) is 0 Å². The fourth-order valence-corrected chi connectivity index (χ4v) is 4.26. The third kappa shape index (κ3) is 13.1. The van der Waals surface area contributed by atoms with E-state index in [1.54, 1.807) is 13.2 Å². The number of hydrogen-bond donors (Lipinski definition) is 2. The summed E-state index contributed by atoms with van der Waals surface area (Å²) in [4.78, 5) is 0. The lowest BCUT2D eigenvalue weighted by atomic mass is 10.0. The van der Waals surface area contributed by atoms with Gasteiger partial charge in [-0.05, 0) is 32.1 Å². The van der Waals surface area contributed by atoms with E-state index in [2.05, 4.69) is 6.92 Å². The molecule has 178 valence electrons. The molecule has 5 heteroatoms. The summed E-state index contributed by atoms with van der Waals surface area (Å²) >= 11 is 0. The molecule has 0 amide bonds. The molecule has 0 spiro atoms. The number of ether oxygens (including phenoxy) is 3. The Balaban J connectivity index is 2.22. The zero-order valence-corrected chi connectivity index (χ0v) is 19.6. The van der Waals surface area contributed by atoms with Crippen LogP contribution >= 0.6 is 0 Å². The molecule has 30 heavy (non-hydrogen) atoms. The molecule has 0 saturated carbocycles.